The largest absolute Gasteiger partial charge is 0.507 e. The number of rotatable bonds is 28. The van der Waals surface area contributed by atoms with Crippen molar-refractivity contribution in [2.45, 2.75) is 50.9 Å². The first kappa shape index (κ1) is 53.9. The maximum absolute atomic E-state index is 13.9. The second-order valence-corrected chi connectivity index (χ2v) is 14.9. The fourth-order valence-electron chi connectivity index (χ4n) is 6.15. The normalized spacial score (nSPS) is 13.1. The number of carbonyl (C=O) groups excluding carboxylic acids is 10. The summed E-state index contributed by atoms with van der Waals surface area (Å²) in [6, 6.07) is -0.440. The molecule has 0 saturated carbocycles. The van der Waals surface area contributed by atoms with Crippen LogP contribution in [0.2, 0.25) is 0 Å². The number of hydrogen-bond donors (Lipinski definition) is 16. The Kier molecular flexibility index (Phi) is 20.1. The highest BCUT2D eigenvalue weighted by atomic mass is 16.4. The predicted molar refractivity (Wildman–Crippen MR) is 234 cm³/mol. The molecule has 0 saturated heterocycles. The highest BCUT2D eigenvalue weighted by molar-refractivity contribution is 6.33. The van der Waals surface area contributed by atoms with E-state index in [-0.39, 0.29) is 61.8 Å². The van der Waals surface area contributed by atoms with Crippen molar-refractivity contribution >= 4 is 82.1 Å². The first-order chi connectivity index (χ1) is 32.0. The fraction of sp³-hybridized carbons (Fsp3) is 0.400. The second kappa shape index (κ2) is 25.3. The minimum absolute atomic E-state index is 0.0468. The molecule has 28 nitrogen and oxygen atoms in total. The lowest BCUT2D eigenvalue weighted by atomic mass is 9.81. The van der Waals surface area contributed by atoms with E-state index in [4.69, 9.17) is 21.7 Å². The van der Waals surface area contributed by atoms with Gasteiger partial charge in [0.25, 0.3) is 0 Å². The standard InChI is InChI=1S/C40H52N12O16/c1-17(37(41)65)49-39(67)21(11-29(59)60)51-27(57)15-47-25(55)13-43-7-9-45-19-3-4-20(32-31(19)35(63)33-23(53)5-6-24(54)34(33)36(32)64)46-10-8-44-14-26(56)48-16-28(58)52-22(12-30(61)62)40(68)50-18(2)38(42)66/h3-6,17-18,21-22,43-46,53-54H,7-16H2,1-2H3,(H2,41,65)(H2,42,66)(H,47,55)(H,48,56)(H,49,67)(H,50,68)(H,51,57)(H,52,58)(H,59,60)(H,61,62)/t17-,18-,21-,22-/m0/s1. The Morgan fingerprint density at radius 1 is 0.500 bits per heavy atom. The molecule has 1 aliphatic carbocycles. The molecule has 2 aromatic carbocycles. The van der Waals surface area contributed by atoms with Gasteiger partial charge in [-0.25, -0.2) is 0 Å². The van der Waals surface area contributed by atoms with E-state index in [1.54, 1.807) is 0 Å². The van der Waals surface area contributed by atoms with Gasteiger partial charge in [0, 0.05) is 37.6 Å². The van der Waals surface area contributed by atoms with Crippen molar-refractivity contribution < 1.29 is 78.0 Å². The third kappa shape index (κ3) is 15.9. The molecule has 4 atom stereocenters. The lowest BCUT2D eigenvalue weighted by Crippen LogP contribution is -2.54. The number of amides is 8. The summed E-state index contributed by atoms with van der Waals surface area (Å²) in [6.45, 7) is 0.809. The highest BCUT2D eigenvalue weighted by Gasteiger charge is 2.38. The summed E-state index contributed by atoms with van der Waals surface area (Å²) in [4.78, 5) is 147. The minimum Gasteiger partial charge on any atom is -0.507 e. The number of aromatic hydroxyl groups is 2. The molecule has 0 heterocycles. The highest BCUT2D eigenvalue weighted by Crippen LogP contribution is 2.42. The summed E-state index contributed by atoms with van der Waals surface area (Å²) in [5.74, 6) is -12.5. The van der Waals surface area contributed by atoms with Gasteiger partial charge in [0.05, 0.1) is 61.3 Å². The molecule has 0 aliphatic heterocycles. The Morgan fingerprint density at radius 3 is 1.18 bits per heavy atom. The molecule has 0 unspecified atom stereocenters. The number of carbonyl (C=O) groups is 12. The smallest absolute Gasteiger partial charge is 0.305 e. The monoisotopic (exact) mass is 956 g/mol. The molecular weight excluding hydrogens is 905 g/mol. The summed E-state index contributed by atoms with van der Waals surface area (Å²) < 4.78 is 0. The number of phenols is 2. The quantitative estimate of drug-likeness (QED) is 0.0238. The van der Waals surface area contributed by atoms with Crippen molar-refractivity contribution in [2.24, 2.45) is 11.5 Å². The lowest BCUT2D eigenvalue weighted by Gasteiger charge is -2.25. The zero-order valence-corrected chi connectivity index (χ0v) is 36.5. The van der Waals surface area contributed by atoms with Crippen LogP contribution in [0.15, 0.2) is 24.3 Å². The van der Waals surface area contributed by atoms with Gasteiger partial charge in [-0.2, -0.15) is 0 Å². The van der Waals surface area contributed by atoms with Crippen LogP contribution in [-0.2, 0) is 47.9 Å². The molecule has 368 valence electrons. The summed E-state index contributed by atoms with van der Waals surface area (Å²) in [7, 11) is 0. The summed E-state index contributed by atoms with van der Waals surface area (Å²) in [5.41, 5.74) is 9.28. The number of nitrogens with two attached hydrogens (primary N) is 2. The maximum atomic E-state index is 13.9. The van der Waals surface area contributed by atoms with Gasteiger partial charge in [-0.05, 0) is 38.1 Å². The third-order valence-electron chi connectivity index (χ3n) is 9.60. The van der Waals surface area contributed by atoms with E-state index in [0.29, 0.717) is 0 Å². The van der Waals surface area contributed by atoms with Crippen LogP contribution in [0.4, 0.5) is 11.4 Å². The molecule has 28 heteroatoms. The fourth-order valence-corrected chi connectivity index (χ4v) is 6.15. The number of aliphatic carboxylic acids is 2. The van der Waals surface area contributed by atoms with E-state index < -0.39 is 143 Å². The number of ketones is 2. The average molecular weight is 957 g/mol. The Bertz CT molecular complexity index is 2180. The number of carboxylic acid groups (broad SMARTS) is 2. The molecule has 1 aliphatic rings. The number of nitrogens with one attached hydrogen (secondary N) is 10. The van der Waals surface area contributed by atoms with Crippen LogP contribution in [0.1, 0.15) is 58.5 Å². The van der Waals surface area contributed by atoms with Crippen molar-refractivity contribution in [1.82, 2.24) is 42.5 Å². The molecule has 3 rings (SSSR count). The Labute approximate surface area is 385 Å². The van der Waals surface area contributed by atoms with Crippen molar-refractivity contribution in [1.29, 1.82) is 0 Å². The van der Waals surface area contributed by atoms with Gasteiger partial charge < -0.3 is 85.1 Å². The van der Waals surface area contributed by atoms with Gasteiger partial charge in [0.1, 0.15) is 35.7 Å². The van der Waals surface area contributed by atoms with Crippen molar-refractivity contribution in [3.63, 3.8) is 0 Å². The number of hydrogen-bond acceptors (Lipinski definition) is 18. The van der Waals surface area contributed by atoms with Crippen LogP contribution in [0.25, 0.3) is 0 Å². The van der Waals surface area contributed by atoms with Crippen LogP contribution < -0.4 is 64.6 Å². The first-order valence-corrected chi connectivity index (χ1v) is 20.5. The lowest BCUT2D eigenvalue weighted by molar-refractivity contribution is -0.141. The van der Waals surface area contributed by atoms with E-state index in [2.05, 4.69) is 53.2 Å². The molecule has 0 spiro atoms. The molecule has 0 bridgehead atoms. The Morgan fingerprint density at radius 2 is 0.853 bits per heavy atom. The number of fused-ring (bicyclic) bond motifs is 2. The average Bonchev–Trinajstić information content (AvgIpc) is 3.26. The molecule has 18 N–H and O–H groups in total. The van der Waals surface area contributed by atoms with Gasteiger partial charge in [-0.3, -0.25) is 57.5 Å². The zero-order valence-electron chi connectivity index (χ0n) is 36.5. The third-order valence-corrected chi connectivity index (χ3v) is 9.60. The number of phenolic OH excluding ortho intramolecular Hbond substituents is 2. The van der Waals surface area contributed by atoms with Crippen LogP contribution in [0.3, 0.4) is 0 Å². The molecular formula is C40H52N12O16. The SMILES string of the molecule is C[C@H](NC(=O)[C@H](CC(=O)O)NC(=O)CNC(=O)CNCCNc1ccc(NCCNCC(=O)NCC(=O)N[C@@H](CC(=O)O)C(=O)N[C@@H](C)C(N)=O)c2c1C(=O)c1c(O)ccc(O)c1C2=O)C(N)=O. The molecule has 68 heavy (non-hydrogen) atoms. The van der Waals surface area contributed by atoms with Gasteiger partial charge >= 0.3 is 11.9 Å². The molecule has 0 fully saturated rings. The van der Waals surface area contributed by atoms with Gasteiger partial charge in [0.2, 0.25) is 58.8 Å². The number of benzene rings is 2. The van der Waals surface area contributed by atoms with E-state index in [9.17, 15) is 67.7 Å². The first-order valence-electron chi connectivity index (χ1n) is 20.5. The van der Waals surface area contributed by atoms with Crippen LogP contribution in [0.5, 0.6) is 11.5 Å². The van der Waals surface area contributed by atoms with Gasteiger partial charge in [0.15, 0.2) is 0 Å². The predicted octanol–water partition coefficient (Wildman–Crippen LogP) is -5.99. The summed E-state index contributed by atoms with van der Waals surface area (Å²) in [6.07, 6.45) is -1.65. The maximum Gasteiger partial charge on any atom is 0.305 e. The van der Waals surface area contributed by atoms with E-state index in [0.717, 1.165) is 12.1 Å². The van der Waals surface area contributed by atoms with Crippen LogP contribution >= 0.6 is 0 Å². The van der Waals surface area contributed by atoms with E-state index in [1.165, 1.54) is 26.0 Å². The van der Waals surface area contributed by atoms with Crippen molar-refractivity contribution in [3.05, 3.63) is 46.5 Å². The zero-order chi connectivity index (χ0) is 50.8. The van der Waals surface area contributed by atoms with E-state index >= 15 is 0 Å². The Balaban J connectivity index is 1.56. The Hall–Kier alpha value is -8.40. The van der Waals surface area contributed by atoms with Gasteiger partial charge in [-0.15, -0.1) is 0 Å². The minimum atomic E-state index is -1.58. The van der Waals surface area contributed by atoms with Crippen molar-refractivity contribution in [2.75, 3.05) is 63.0 Å². The molecule has 0 radical (unpaired) electrons. The van der Waals surface area contributed by atoms with Crippen molar-refractivity contribution in [3.8, 4) is 11.5 Å². The second-order valence-electron chi connectivity index (χ2n) is 14.9. The van der Waals surface area contributed by atoms with E-state index in [1.807, 2.05) is 0 Å². The van der Waals surface area contributed by atoms with Crippen LogP contribution in [0, 0.1) is 0 Å². The van der Waals surface area contributed by atoms with Gasteiger partial charge in [-0.1, -0.05) is 0 Å². The number of carboxylic acids is 2. The van der Waals surface area contributed by atoms with Crippen LogP contribution in [-0.4, -0.2) is 168 Å². The molecule has 8 amide bonds. The summed E-state index contributed by atoms with van der Waals surface area (Å²) in [5, 5.41) is 64.2. The summed E-state index contributed by atoms with van der Waals surface area (Å²) >= 11 is 0. The molecule has 2 aromatic rings. The number of primary amides is 2. The number of anilines is 2. The topological polar surface area (TPSA) is 458 Å². The molecule has 0 aromatic heterocycles.